The first-order valence-corrected chi connectivity index (χ1v) is 12.6. The minimum absolute atomic E-state index is 0.0219. The van der Waals surface area contributed by atoms with Gasteiger partial charge in [0, 0.05) is 33.0 Å². The summed E-state index contributed by atoms with van der Waals surface area (Å²) in [5.41, 5.74) is 3.60. The van der Waals surface area contributed by atoms with E-state index < -0.39 is 11.8 Å². The summed E-state index contributed by atoms with van der Waals surface area (Å²) >= 11 is 12.6. The maximum atomic E-state index is 13.7. The van der Waals surface area contributed by atoms with Crippen LogP contribution in [0.5, 0.6) is 11.5 Å². The highest BCUT2D eigenvalue weighted by atomic mass is 35.5. The molecule has 3 nitrogen and oxygen atoms in total. The number of benzene rings is 4. The predicted molar refractivity (Wildman–Crippen MR) is 146 cm³/mol. The normalized spacial score (nSPS) is 12.6. The quantitative estimate of drug-likeness (QED) is 0.210. The molecule has 4 aromatic carbocycles. The van der Waals surface area contributed by atoms with E-state index in [0.717, 1.165) is 22.3 Å². The van der Waals surface area contributed by atoms with Gasteiger partial charge >= 0.3 is 0 Å². The Kier molecular flexibility index (Phi) is 8.69. The van der Waals surface area contributed by atoms with E-state index in [9.17, 15) is 4.79 Å². The zero-order valence-electron chi connectivity index (χ0n) is 20.3. The average Bonchev–Trinajstić information content (AvgIpc) is 2.91. The monoisotopic (exact) mass is 518 g/mol. The number of ketones is 1. The van der Waals surface area contributed by atoms with Crippen molar-refractivity contribution >= 4 is 29.0 Å². The van der Waals surface area contributed by atoms with Crippen molar-refractivity contribution in [2.75, 3.05) is 0 Å². The van der Waals surface area contributed by atoms with E-state index in [0.29, 0.717) is 34.8 Å². The standard InChI is InChI=1S/C31H28Cl2O3/c1-21(27-17-25(32)13-15-29(27)35-19-23-9-5-3-6-10-23)31(34)22(2)28-18-26(33)14-16-30(28)36-20-24-11-7-4-8-12-24/h3-18,21-22H,19-20H2,1-2H3. The van der Waals surface area contributed by atoms with Crippen LogP contribution in [-0.4, -0.2) is 5.78 Å². The topological polar surface area (TPSA) is 35.5 Å². The highest BCUT2D eigenvalue weighted by molar-refractivity contribution is 6.31. The van der Waals surface area contributed by atoms with Crippen LogP contribution in [0.3, 0.4) is 0 Å². The summed E-state index contributed by atoms with van der Waals surface area (Å²) in [5.74, 6) is 0.399. The SMILES string of the molecule is CC(C(=O)C(C)c1cc(Cl)ccc1OCc1ccccc1)c1cc(Cl)ccc1OCc1ccccc1. The Balaban J connectivity index is 1.55. The van der Waals surface area contributed by atoms with Crippen molar-refractivity contribution in [3.05, 3.63) is 129 Å². The molecule has 4 rings (SSSR count). The van der Waals surface area contributed by atoms with Gasteiger partial charge in [-0.25, -0.2) is 0 Å². The lowest BCUT2D eigenvalue weighted by Crippen LogP contribution is -2.18. The first-order valence-electron chi connectivity index (χ1n) is 11.9. The Morgan fingerprint density at radius 2 is 1.03 bits per heavy atom. The molecular weight excluding hydrogens is 491 g/mol. The lowest BCUT2D eigenvalue weighted by atomic mass is 9.85. The van der Waals surface area contributed by atoms with Crippen LogP contribution in [0.25, 0.3) is 0 Å². The summed E-state index contributed by atoms with van der Waals surface area (Å²) in [7, 11) is 0. The Bertz CT molecular complexity index is 1210. The maximum Gasteiger partial charge on any atom is 0.147 e. The third-order valence-corrected chi connectivity index (χ3v) is 6.67. The van der Waals surface area contributed by atoms with E-state index in [1.807, 2.05) is 98.8 Å². The number of hydrogen-bond donors (Lipinski definition) is 0. The second-order valence-corrected chi connectivity index (χ2v) is 9.63. The molecule has 2 atom stereocenters. The summed E-state index contributed by atoms with van der Waals surface area (Å²) in [5, 5.41) is 1.11. The fraction of sp³-hybridized carbons (Fsp3) is 0.194. The van der Waals surface area contributed by atoms with E-state index >= 15 is 0 Å². The molecule has 4 aromatic rings. The maximum absolute atomic E-state index is 13.7. The van der Waals surface area contributed by atoms with Gasteiger partial charge in [0.2, 0.25) is 0 Å². The second kappa shape index (κ2) is 12.1. The van der Waals surface area contributed by atoms with Gasteiger partial charge in [0.25, 0.3) is 0 Å². The minimum Gasteiger partial charge on any atom is -0.489 e. The fourth-order valence-electron chi connectivity index (χ4n) is 4.13. The molecular formula is C31H28Cl2O3. The van der Waals surface area contributed by atoms with Gasteiger partial charge in [0.1, 0.15) is 30.5 Å². The molecule has 0 N–H and O–H groups in total. The number of halogens is 2. The van der Waals surface area contributed by atoms with Gasteiger partial charge in [0.15, 0.2) is 0 Å². The summed E-state index contributed by atoms with van der Waals surface area (Å²) in [6.45, 7) is 4.57. The first kappa shape index (κ1) is 25.8. The number of rotatable bonds is 10. The van der Waals surface area contributed by atoms with Crippen LogP contribution in [0.1, 0.15) is 47.9 Å². The third-order valence-electron chi connectivity index (χ3n) is 6.20. The summed E-state index contributed by atoms with van der Waals surface area (Å²) in [6.07, 6.45) is 0. The molecule has 0 aromatic heterocycles. The predicted octanol–water partition coefficient (Wildman–Crippen LogP) is 8.63. The lowest BCUT2D eigenvalue weighted by Gasteiger charge is -2.22. The molecule has 0 aliphatic heterocycles. The van der Waals surface area contributed by atoms with Crippen molar-refractivity contribution in [2.45, 2.75) is 38.9 Å². The van der Waals surface area contributed by atoms with Crippen molar-refractivity contribution in [2.24, 2.45) is 0 Å². The minimum atomic E-state index is -0.453. The zero-order chi connectivity index (χ0) is 25.5. The van der Waals surface area contributed by atoms with Gasteiger partial charge in [-0.3, -0.25) is 4.79 Å². The average molecular weight is 519 g/mol. The van der Waals surface area contributed by atoms with Crippen LogP contribution in [0.2, 0.25) is 10.0 Å². The number of Topliss-reactive ketones (excluding diaryl/α,β-unsaturated/α-hetero) is 1. The van der Waals surface area contributed by atoms with E-state index in [4.69, 9.17) is 32.7 Å². The van der Waals surface area contributed by atoms with E-state index in [2.05, 4.69) is 0 Å². The van der Waals surface area contributed by atoms with Gasteiger partial charge in [-0.1, -0.05) is 97.7 Å². The van der Waals surface area contributed by atoms with Crippen LogP contribution in [0, 0.1) is 0 Å². The Morgan fingerprint density at radius 1 is 0.639 bits per heavy atom. The van der Waals surface area contributed by atoms with Gasteiger partial charge in [0.05, 0.1) is 0 Å². The Morgan fingerprint density at radius 3 is 1.42 bits per heavy atom. The molecule has 0 saturated carbocycles. The van der Waals surface area contributed by atoms with Gasteiger partial charge in [-0.05, 0) is 47.5 Å². The molecule has 0 radical (unpaired) electrons. The number of ether oxygens (including phenoxy) is 2. The molecule has 0 amide bonds. The Labute approximate surface area is 222 Å². The number of hydrogen-bond acceptors (Lipinski definition) is 3. The van der Waals surface area contributed by atoms with E-state index in [-0.39, 0.29) is 5.78 Å². The van der Waals surface area contributed by atoms with Crippen LogP contribution < -0.4 is 9.47 Å². The van der Waals surface area contributed by atoms with Crippen molar-refractivity contribution < 1.29 is 14.3 Å². The molecule has 0 bridgehead atoms. The third kappa shape index (κ3) is 6.48. The zero-order valence-corrected chi connectivity index (χ0v) is 21.8. The molecule has 0 aliphatic rings. The van der Waals surface area contributed by atoms with Crippen molar-refractivity contribution in [3.8, 4) is 11.5 Å². The molecule has 5 heteroatoms. The smallest absolute Gasteiger partial charge is 0.147 e. The van der Waals surface area contributed by atoms with Crippen LogP contribution in [0.4, 0.5) is 0 Å². The van der Waals surface area contributed by atoms with Gasteiger partial charge in [-0.2, -0.15) is 0 Å². The molecule has 0 fully saturated rings. The molecule has 2 unspecified atom stereocenters. The van der Waals surface area contributed by atoms with E-state index in [1.54, 1.807) is 12.1 Å². The molecule has 36 heavy (non-hydrogen) atoms. The molecule has 0 heterocycles. The van der Waals surface area contributed by atoms with Crippen LogP contribution >= 0.6 is 23.2 Å². The van der Waals surface area contributed by atoms with Gasteiger partial charge < -0.3 is 9.47 Å². The van der Waals surface area contributed by atoms with E-state index in [1.165, 1.54) is 0 Å². The van der Waals surface area contributed by atoms with Gasteiger partial charge in [-0.15, -0.1) is 0 Å². The van der Waals surface area contributed by atoms with Crippen LogP contribution in [-0.2, 0) is 18.0 Å². The van der Waals surface area contributed by atoms with Crippen molar-refractivity contribution in [3.63, 3.8) is 0 Å². The van der Waals surface area contributed by atoms with Crippen molar-refractivity contribution in [1.82, 2.24) is 0 Å². The Hall–Kier alpha value is -3.27. The van der Waals surface area contributed by atoms with Crippen LogP contribution in [0.15, 0.2) is 97.1 Å². The molecule has 0 aliphatic carbocycles. The number of carbonyl (C=O) groups excluding carboxylic acids is 1. The lowest BCUT2D eigenvalue weighted by molar-refractivity contribution is -0.121. The molecule has 184 valence electrons. The largest absolute Gasteiger partial charge is 0.489 e. The first-order chi connectivity index (χ1) is 17.4. The molecule has 0 saturated heterocycles. The summed E-state index contributed by atoms with van der Waals surface area (Å²) < 4.78 is 12.2. The highest BCUT2D eigenvalue weighted by Gasteiger charge is 2.28. The summed E-state index contributed by atoms with van der Waals surface area (Å²) in [6, 6.07) is 30.6. The fourth-order valence-corrected chi connectivity index (χ4v) is 4.49. The highest BCUT2D eigenvalue weighted by Crippen LogP contribution is 2.37. The number of carbonyl (C=O) groups is 1. The second-order valence-electron chi connectivity index (χ2n) is 8.76. The summed E-state index contributed by atoms with van der Waals surface area (Å²) in [4.78, 5) is 13.7. The van der Waals surface area contributed by atoms with Crippen molar-refractivity contribution in [1.29, 1.82) is 0 Å². The molecule has 0 spiro atoms.